The minimum absolute atomic E-state index is 0.163. The van der Waals surface area contributed by atoms with Gasteiger partial charge in [0.1, 0.15) is 6.04 Å². The highest BCUT2D eigenvalue weighted by molar-refractivity contribution is 5.75. The summed E-state index contributed by atoms with van der Waals surface area (Å²) in [6.07, 6.45) is 4.64. The van der Waals surface area contributed by atoms with Gasteiger partial charge in [-0.2, -0.15) is 0 Å². The minimum Gasteiger partial charge on any atom is -0.468 e. The second kappa shape index (κ2) is 5.15. The molecule has 1 saturated heterocycles. The lowest BCUT2D eigenvalue weighted by molar-refractivity contribution is -0.143. The van der Waals surface area contributed by atoms with Crippen molar-refractivity contribution >= 4 is 5.97 Å². The van der Waals surface area contributed by atoms with Gasteiger partial charge in [-0.05, 0) is 31.6 Å². The van der Waals surface area contributed by atoms with Gasteiger partial charge in [-0.15, -0.1) is 0 Å². The molecule has 2 rings (SSSR count). The topological polar surface area (TPSA) is 47.6 Å². The van der Waals surface area contributed by atoms with E-state index in [-0.39, 0.29) is 12.0 Å². The Balaban J connectivity index is 1.88. The number of hydrogen-bond donors (Lipinski definition) is 1. The first-order valence-electron chi connectivity index (χ1n) is 6.21. The molecule has 4 nitrogen and oxygen atoms in total. The molecular weight excluding hydrogens is 206 g/mol. The van der Waals surface area contributed by atoms with E-state index in [4.69, 9.17) is 9.47 Å². The van der Waals surface area contributed by atoms with Crippen molar-refractivity contribution in [3.8, 4) is 0 Å². The van der Waals surface area contributed by atoms with E-state index in [1.807, 2.05) is 6.92 Å². The number of rotatable bonds is 5. The Morgan fingerprint density at radius 2 is 2.25 bits per heavy atom. The van der Waals surface area contributed by atoms with Crippen molar-refractivity contribution in [2.75, 3.05) is 13.7 Å². The van der Waals surface area contributed by atoms with Crippen molar-refractivity contribution in [3.05, 3.63) is 0 Å². The van der Waals surface area contributed by atoms with Gasteiger partial charge >= 0.3 is 5.97 Å². The van der Waals surface area contributed by atoms with Crippen LogP contribution in [0.1, 0.15) is 32.6 Å². The van der Waals surface area contributed by atoms with Gasteiger partial charge in [-0.25, -0.2) is 0 Å². The minimum atomic E-state index is -0.182. The maximum Gasteiger partial charge on any atom is 0.322 e. The van der Waals surface area contributed by atoms with E-state index < -0.39 is 0 Å². The quantitative estimate of drug-likeness (QED) is 0.714. The lowest BCUT2D eigenvalue weighted by Crippen LogP contribution is -2.47. The van der Waals surface area contributed by atoms with Crippen LogP contribution in [0.4, 0.5) is 0 Å². The SMILES string of the molecule is CCC(NC1CCOC1C1CC1)C(=O)OC. The Hall–Kier alpha value is -0.610. The standard InChI is InChI=1S/C12H21NO3/c1-3-9(12(14)15-2)13-10-6-7-16-11(10)8-4-5-8/h8-11,13H,3-7H2,1-2H3. The molecule has 0 aromatic rings. The van der Waals surface area contributed by atoms with Gasteiger partial charge < -0.3 is 9.47 Å². The first-order chi connectivity index (χ1) is 7.76. The Labute approximate surface area is 96.7 Å². The molecule has 1 aliphatic carbocycles. The Bertz CT molecular complexity index is 253. The fourth-order valence-corrected chi connectivity index (χ4v) is 2.43. The van der Waals surface area contributed by atoms with E-state index in [9.17, 15) is 4.79 Å². The molecule has 1 heterocycles. The summed E-state index contributed by atoms with van der Waals surface area (Å²) in [7, 11) is 1.44. The van der Waals surface area contributed by atoms with E-state index in [0.29, 0.717) is 12.1 Å². The van der Waals surface area contributed by atoms with Crippen molar-refractivity contribution < 1.29 is 14.3 Å². The van der Waals surface area contributed by atoms with Crippen molar-refractivity contribution in [3.63, 3.8) is 0 Å². The van der Waals surface area contributed by atoms with Gasteiger partial charge in [0.25, 0.3) is 0 Å². The molecule has 0 bridgehead atoms. The molecule has 3 atom stereocenters. The summed E-state index contributed by atoms with van der Waals surface area (Å²) in [5, 5.41) is 3.39. The Kier molecular flexibility index (Phi) is 3.82. The molecule has 2 aliphatic rings. The van der Waals surface area contributed by atoms with Crippen LogP contribution in [0.25, 0.3) is 0 Å². The van der Waals surface area contributed by atoms with Crippen LogP contribution >= 0.6 is 0 Å². The van der Waals surface area contributed by atoms with Crippen LogP contribution in [0.2, 0.25) is 0 Å². The summed E-state index contributed by atoms with van der Waals surface area (Å²) in [5.41, 5.74) is 0. The largest absolute Gasteiger partial charge is 0.468 e. The summed E-state index contributed by atoms with van der Waals surface area (Å²) in [5.74, 6) is 0.555. The molecule has 0 spiro atoms. The third kappa shape index (κ3) is 2.55. The molecule has 3 unspecified atom stereocenters. The van der Waals surface area contributed by atoms with E-state index in [1.165, 1.54) is 20.0 Å². The Morgan fingerprint density at radius 3 is 2.81 bits per heavy atom. The molecular formula is C12H21NO3. The van der Waals surface area contributed by atoms with Gasteiger partial charge in [-0.1, -0.05) is 6.92 Å². The maximum atomic E-state index is 11.5. The molecule has 1 aliphatic heterocycles. The maximum absolute atomic E-state index is 11.5. The Morgan fingerprint density at radius 1 is 1.50 bits per heavy atom. The van der Waals surface area contributed by atoms with Crippen LogP contribution in [0.3, 0.4) is 0 Å². The van der Waals surface area contributed by atoms with Crippen molar-refractivity contribution in [2.45, 2.75) is 50.8 Å². The molecule has 0 aromatic heterocycles. The average molecular weight is 227 g/mol. The molecule has 0 radical (unpaired) electrons. The van der Waals surface area contributed by atoms with Gasteiger partial charge in [0.2, 0.25) is 0 Å². The summed E-state index contributed by atoms with van der Waals surface area (Å²) in [4.78, 5) is 11.5. The first-order valence-corrected chi connectivity index (χ1v) is 6.21. The fraction of sp³-hybridized carbons (Fsp3) is 0.917. The molecule has 92 valence electrons. The van der Waals surface area contributed by atoms with Gasteiger partial charge in [0.15, 0.2) is 0 Å². The molecule has 16 heavy (non-hydrogen) atoms. The lowest BCUT2D eigenvalue weighted by Gasteiger charge is -2.24. The average Bonchev–Trinajstić information content (AvgIpc) is 3.05. The van der Waals surface area contributed by atoms with Gasteiger partial charge in [-0.3, -0.25) is 10.1 Å². The zero-order valence-corrected chi connectivity index (χ0v) is 10.1. The molecule has 2 fully saturated rings. The smallest absolute Gasteiger partial charge is 0.322 e. The van der Waals surface area contributed by atoms with Crippen LogP contribution in [0.5, 0.6) is 0 Å². The highest BCUT2D eigenvalue weighted by atomic mass is 16.5. The summed E-state index contributed by atoms with van der Waals surface area (Å²) in [6, 6.07) is 0.148. The number of hydrogen-bond acceptors (Lipinski definition) is 4. The summed E-state index contributed by atoms with van der Waals surface area (Å²) in [6.45, 7) is 2.81. The highest BCUT2D eigenvalue weighted by Gasteiger charge is 2.41. The summed E-state index contributed by atoms with van der Waals surface area (Å²) < 4.78 is 10.5. The first kappa shape index (κ1) is 11.9. The number of ether oxygens (including phenoxy) is 2. The third-order valence-electron chi connectivity index (χ3n) is 3.53. The van der Waals surface area contributed by atoms with Crippen molar-refractivity contribution in [1.29, 1.82) is 0 Å². The number of methoxy groups -OCH3 is 1. The fourth-order valence-electron chi connectivity index (χ4n) is 2.43. The zero-order valence-electron chi connectivity index (χ0n) is 10.1. The predicted molar refractivity (Wildman–Crippen MR) is 60.1 cm³/mol. The number of esters is 1. The van der Waals surface area contributed by atoms with Crippen molar-refractivity contribution in [2.24, 2.45) is 5.92 Å². The number of carbonyl (C=O) groups excluding carboxylic acids is 1. The van der Waals surface area contributed by atoms with E-state index >= 15 is 0 Å². The van der Waals surface area contributed by atoms with Crippen LogP contribution < -0.4 is 5.32 Å². The number of carbonyl (C=O) groups is 1. The zero-order chi connectivity index (χ0) is 11.5. The molecule has 1 saturated carbocycles. The van der Waals surface area contributed by atoms with Crippen LogP contribution in [-0.2, 0) is 14.3 Å². The third-order valence-corrected chi connectivity index (χ3v) is 3.53. The highest BCUT2D eigenvalue weighted by Crippen LogP contribution is 2.38. The normalized spacial score (nSPS) is 31.4. The molecule has 0 aromatic carbocycles. The summed E-state index contributed by atoms with van der Waals surface area (Å²) >= 11 is 0. The second-order valence-corrected chi connectivity index (χ2v) is 4.72. The van der Waals surface area contributed by atoms with Gasteiger partial charge in [0.05, 0.1) is 13.2 Å². The predicted octanol–water partition coefficient (Wildman–Crippen LogP) is 1.10. The van der Waals surface area contributed by atoms with Crippen LogP contribution in [-0.4, -0.2) is 37.9 Å². The molecule has 0 amide bonds. The van der Waals surface area contributed by atoms with E-state index in [2.05, 4.69) is 5.32 Å². The lowest BCUT2D eigenvalue weighted by atomic mass is 10.0. The van der Waals surface area contributed by atoms with Crippen LogP contribution in [0, 0.1) is 5.92 Å². The second-order valence-electron chi connectivity index (χ2n) is 4.72. The van der Waals surface area contributed by atoms with Crippen LogP contribution in [0.15, 0.2) is 0 Å². The molecule has 1 N–H and O–H groups in total. The monoisotopic (exact) mass is 227 g/mol. The van der Waals surface area contributed by atoms with E-state index in [1.54, 1.807) is 0 Å². The van der Waals surface area contributed by atoms with Crippen molar-refractivity contribution in [1.82, 2.24) is 5.32 Å². The van der Waals surface area contributed by atoms with E-state index in [0.717, 1.165) is 25.4 Å². The molecule has 4 heteroatoms. The van der Waals surface area contributed by atoms with Gasteiger partial charge in [0, 0.05) is 12.6 Å². The number of nitrogens with one attached hydrogen (secondary N) is 1.